The highest BCUT2D eigenvalue weighted by atomic mass is 16.7. The molecule has 0 aliphatic rings. The summed E-state index contributed by atoms with van der Waals surface area (Å²) < 4.78 is 21.6. The second-order valence-corrected chi connectivity index (χ2v) is 5.79. The van der Waals surface area contributed by atoms with Crippen LogP contribution in [0.15, 0.2) is 47.2 Å². The maximum atomic E-state index is 10.6. The summed E-state index contributed by atoms with van der Waals surface area (Å²) in [5, 5.41) is 16.7. The molecule has 29 heavy (non-hydrogen) atoms. The molecule has 0 amide bonds. The van der Waals surface area contributed by atoms with Crippen molar-refractivity contribution >= 4 is 11.8 Å². The van der Waals surface area contributed by atoms with E-state index >= 15 is 0 Å². The smallest absolute Gasteiger partial charge is 0.491 e. The Morgan fingerprint density at radius 3 is 2.86 bits per heavy atom. The average Bonchev–Trinajstić information content (AvgIpc) is 3.34. The number of fused-ring (bicyclic) bond motifs is 1. The van der Waals surface area contributed by atoms with Crippen LogP contribution in [0.2, 0.25) is 0 Å². The standard InChI is InChI=1S/C18H15N5O6/c1-26-5-6-27-13-8-11(14-10-23-15(20-14)3-2-4-19-23)7-12(9-13)16-21-17(29-22-16)28-18(24)25/h2-4,7-10H,5-6H2,1H3,(H,24,25). The van der Waals surface area contributed by atoms with Crippen LogP contribution in [-0.4, -0.2) is 56.3 Å². The molecule has 0 radical (unpaired) electrons. The molecule has 3 heterocycles. The van der Waals surface area contributed by atoms with Gasteiger partial charge in [0.2, 0.25) is 5.82 Å². The van der Waals surface area contributed by atoms with Crippen molar-refractivity contribution in [3.63, 3.8) is 0 Å². The maximum absolute atomic E-state index is 10.6. The maximum Gasteiger partial charge on any atom is 0.514 e. The lowest BCUT2D eigenvalue weighted by molar-refractivity contribution is 0.125. The van der Waals surface area contributed by atoms with Gasteiger partial charge in [0.05, 0.1) is 18.5 Å². The van der Waals surface area contributed by atoms with Crippen LogP contribution >= 0.6 is 0 Å². The molecule has 0 fully saturated rings. The lowest BCUT2D eigenvalue weighted by Crippen LogP contribution is -2.04. The molecule has 4 aromatic rings. The Balaban J connectivity index is 1.73. The largest absolute Gasteiger partial charge is 0.514 e. The van der Waals surface area contributed by atoms with Gasteiger partial charge < -0.3 is 19.3 Å². The second kappa shape index (κ2) is 7.94. The summed E-state index contributed by atoms with van der Waals surface area (Å²) in [6.07, 6.45) is 1.42. The third-order valence-corrected chi connectivity index (χ3v) is 3.84. The van der Waals surface area contributed by atoms with E-state index in [4.69, 9.17) is 19.1 Å². The van der Waals surface area contributed by atoms with Crippen LogP contribution in [0.5, 0.6) is 11.8 Å². The third-order valence-electron chi connectivity index (χ3n) is 3.84. The van der Waals surface area contributed by atoms with Crippen LogP contribution in [0.4, 0.5) is 4.79 Å². The van der Waals surface area contributed by atoms with Gasteiger partial charge in [0.25, 0.3) is 0 Å². The molecular weight excluding hydrogens is 382 g/mol. The molecule has 0 aliphatic heterocycles. The van der Waals surface area contributed by atoms with Crippen LogP contribution < -0.4 is 9.47 Å². The minimum Gasteiger partial charge on any atom is -0.491 e. The highest BCUT2D eigenvalue weighted by molar-refractivity contribution is 5.71. The normalized spacial score (nSPS) is 10.9. The molecule has 0 bridgehead atoms. The first-order chi connectivity index (χ1) is 14.1. The Kier molecular flexibility index (Phi) is 5.03. The summed E-state index contributed by atoms with van der Waals surface area (Å²) in [6, 6.07) is 8.93. The van der Waals surface area contributed by atoms with E-state index in [1.807, 2.05) is 12.1 Å². The summed E-state index contributed by atoms with van der Waals surface area (Å²) in [5.74, 6) is 0.673. The van der Waals surface area contributed by atoms with Crippen molar-refractivity contribution in [3.8, 4) is 34.5 Å². The van der Waals surface area contributed by atoms with E-state index in [0.29, 0.717) is 35.9 Å². The van der Waals surface area contributed by atoms with Gasteiger partial charge in [-0.1, -0.05) is 5.16 Å². The van der Waals surface area contributed by atoms with Crippen molar-refractivity contribution in [1.82, 2.24) is 24.7 Å². The molecule has 1 N–H and O–H groups in total. The molecule has 3 aromatic heterocycles. The summed E-state index contributed by atoms with van der Waals surface area (Å²) >= 11 is 0. The Morgan fingerprint density at radius 1 is 1.21 bits per heavy atom. The quantitative estimate of drug-likeness (QED) is 0.366. The zero-order chi connectivity index (χ0) is 20.2. The van der Waals surface area contributed by atoms with Gasteiger partial charge in [0.1, 0.15) is 12.4 Å². The van der Waals surface area contributed by atoms with E-state index in [1.165, 1.54) is 0 Å². The molecule has 0 aliphatic carbocycles. The summed E-state index contributed by atoms with van der Waals surface area (Å²) in [4.78, 5) is 19.1. The van der Waals surface area contributed by atoms with E-state index in [-0.39, 0.29) is 5.82 Å². The lowest BCUT2D eigenvalue weighted by Gasteiger charge is -2.08. The van der Waals surface area contributed by atoms with Gasteiger partial charge in [-0.3, -0.25) is 4.52 Å². The molecule has 11 nitrogen and oxygen atoms in total. The number of aromatic nitrogens is 5. The van der Waals surface area contributed by atoms with E-state index in [0.717, 1.165) is 5.56 Å². The molecule has 4 rings (SSSR count). The van der Waals surface area contributed by atoms with E-state index in [9.17, 15) is 4.79 Å². The number of ether oxygens (including phenoxy) is 3. The van der Waals surface area contributed by atoms with Crippen molar-refractivity contribution in [3.05, 3.63) is 42.7 Å². The van der Waals surface area contributed by atoms with Crippen molar-refractivity contribution in [1.29, 1.82) is 0 Å². The Labute approximate surface area is 163 Å². The molecule has 0 unspecified atom stereocenters. The van der Waals surface area contributed by atoms with Gasteiger partial charge in [0, 0.05) is 24.4 Å². The first kappa shape index (κ1) is 18.4. The van der Waals surface area contributed by atoms with Crippen molar-refractivity contribution in [2.45, 2.75) is 0 Å². The van der Waals surface area contributed by atoms with Crippen molar-refractivity contribution < 1.29 is 28.6 Å². The molecule has 148 valence electrons. The zero-order valence-corrected chi connectivity index (χ0v) is 15.2. The Morgan fingerprint density at radius 2 is 2.07 bits per heavy atom. The predicted molar refractivity (Wildman–Crippen MR) is 97.7 cm³/mol. The Bertz CT molecular complexity index is 1120. The lowest BCUT2D eigenvalue weighted by atomic mass is 10.1. The second-order valence-electron chi connectivity index (χ2n) is 5.79. The highest BCUT2D eigenvalue weighted by Crippen LogP contribution is 2.31. The first-order valence-corrected chi connectivity index (χ1v) is 8.45. The number of nitrogens with zero attached hydrogens (tertiary/aromatic N) is 5. The van der Waals surface area contributed by atoms with Crippen LogP contribution in [0, 0.1) is 0 Å². The summed E-state index contributed by atoms with van der Waals surface area (Å²) in [6.45, 7) is 0.752. The fraction of sp³-hybridized carbons (Fsp3) is 0.167. The van der Waals surface area contributed by atoms with Gasteiger partial charge in [-0.2, -0.15) is 10.1 Å². The molecular formula is C18H15N5O6. The minimum atomic E-state index is -1.55. The number of hydrogen-bond donors (Lipinski definition) is 1. The fourth-order valence-electron chi connectivity index (χ4n) is 2.62. The summed E-state index contributed by atoms with van der Waals surface area (Å²) in [7, 11) is 1.58. The van der Waals surface area contributed by atoms with Gasteiger partial charge in [-0.15, -0.1) is 0 Å². The van der Waals surface area contributed by atoms with Crippen LogP contribution in [0.25, 0.3) is 28.3 Å². The monoisotopic (exact) mass is 397 g/mol. The molecule has 0 saturated heterocycles. The number of rotatable bonds is 7. The summed E-state index contributed by atoms with van der Waals surface area (Å²) in [5.41, 5.74) is 2.61. The van der Waals surface area contributed by atoms with Crippen molar-refractivity contribution in [2.75, 3.05) is 20.3 Å². The molecule has 0 spiro atoms. The van der Waals surface area contributed by atoms with Gasteiger partial charge in [-0.05, 0) is 30.3 Å². The van der Waals surface area contributed by atoms with E-state index in [2.05, 4.69) is 25.0 Å². The highest BCUT2D eigenvalue weighted by Gasteiger charge is 2.16. The number of benzene rings is 1. The van der Waals surface area contributed by atoms with Gasteiger partial charge in [-0.25, -0.2) is 14.3 Å². The topological polar surface area (TPSA) is 134 Å². The van der Waals surface area contributed by atoms with Crippen LogP contribution in [0.1, 0.15) is 0 Å². The number of methoxy groups -OCH3 is 1. The minimum absolute atomic E-state index is 0.140. The number of hydrogen-bond acceptors (Lipinski definition) is 9. The zero-order valence-electron chi connectivity index (χ0n) is 15.2. The van der Waals surface area contributed by atoms with Gasteiger partial charge in [0.15, 0.2) is 5.65 Å². The number of imidazole rings is 1. The molecule has 0 atom stereocenters. The number of carbonyl (C=O) groups is 1. The Hall–Kier alpha value is -3.99. The van der Waals surface area contributed by atoms with Crippen LogP contribution in [-0.2, 0) is 4.74 Å². The van der Waals surface area contributed by atoms with E-state index in [1.54, 1.807) is 42.2 Å². The molecule has 11 heteroatoms. The number of carboxylic acid groups (broad SMARTS) is 1. The van der Waals surface area contributed by atoms with Crippen molar-refractivity contribution in [2.24, 2.45) is 0 Å². The van der Waals surface area contributed by atoms with Gasteiger partial charge >= 0.3 is 12.2 Å². The molecule has 1 aromatic carbocycles. The average molecular weight is 397 g/mol. The third kappa shape index (κ3) is 4.14. The molecule has 0 saturated carbocycles. The van der Waals surface area contributed by atoms with E-state index < -0.39 is 12.2 Å². The first-order valence-electron chi connectivity index (χ1n) is 8.45. The SMILES string of the molecule is COCCOc1cc(-c2cn3ncccc3n2)cc(-c2noc(OC(=O)O)n2)c1. The van der Waals surface area contributed by atoms with Crippen LogP contribution in [0.3, 0.4) is 0 Å². The predicted octanol–water partition coefficient (Wildman–Crippen LogP) is 2.53. The fourth-order valence-corrected chi connectivity index (χ4v) is 2.62.